The van der Waals surface area contributed by atoms with Crippen LogP contribution in [0.15, 0.2) is 40.9 Å². The van der Waals surface area contributed by atoms with Crippen LogP contribution in [0, 0.1) is 5.82 Å². The van der Waals surface area contributed by atoms with Gasteiger partial charge in [-0.3, -0.25) is 0 Å². The Morgan fingerprint density at radius 1 is 1.25 bits per heavy atom. The molecule has 0 amide bonds. The third kappa shape index (κ3) is 3.46. The third-order valence-corrected chi connectivity index (χ3v) is 4.25. The summed E-state index contributed by atoms with van der Waals surface area (Å²) in [5.41, 5.74) is 1.33. The lowest BCUT2D eigenvalue weighted by molar-refractivity contribution is 0.623. The standard InChI is InChI=1S/C15H13BrCl2FN/c1-2-14(10-7-6-9(17)8-12(10)18)20-15-11(16)4-3-5-13(15)19/h3-8,14,20H,2H2,1H3. The fraction of sp³-hybridized carbons (Fsp3) is 0.200. The number of halogens is 4. The quantitative estimate of drug-likeness (QED) is 0.645. The Bertz CT molecular complexity index is 599. The van der Waals surface area contributed by atoms with E-state index in [1.165, 1.54) is 6.07 Å². The van der Waals surface area contributed by atoms with Crippen LogP contribution >= 0.6 is 39.1 Å². The average molecular weight is 377 g/mol. The molecule has 0 aliphatic carbocycles. The second-order valence-electron chi connectivity index (χ2n) is 4.37. The monoisotopic (exact) mass is 375 g/mol. The van der Waals surface area contributed by atoms with Crippen LogP contribution < -0.4 is 5.32 Å². The summed E-state index contributed by atoms with van der Waals surface area (Å²) < 4.78 is 14.6. The number of hydrogen-bond acceptors (Lipinski definition) is 1. The predicted octanol–water partition coefficient (Wildman–Crippen LogP) is 6.46. The largest absolute Gasteiger partial charge is 0.375 e. The van der Waals surface area contributed by atoms with Crippen LogP contribution in [0.3, 0.4) is 0 Å². The van der Waals surface area contributed by atoms with Gasteiger partial charge in [-0.2, -0.15) is 0 Å². The van der Waals surface area contributed by atoms with Crippen LogP contribution in [0.5, 0.6) is 0 Å². The van der Waals surface area contributed by atoms with Crippen molar-refractivity contribution >= 4 is 44.8 Å². The molecule has 0 radical (unpaired) electrons. The van der Waals surface area contributed by atoms with Crippen molar-refractivity contribution in [3.05, 3.63) is 62.3 Å². The molecule has 0 aliphatic heterocycles. The fourth-order valence-corrected chi connectivity index (χ4v) is 2.99. The van der Waals surface area contributed by atoms with Gasteiger partial charge in [-0.05, 0) is 52.2 Å². The second-order valence-corrected chi connectivity index (χ2v) is 6.07. The Labute approximate surface area is 136 Å². The first kappa shape index (κ1) is 15.6. The molecular weight excluding hydrogens is 364 g/mol. The van der Waals surface area contributed by atoms with E-state index in [4.69, 9.17) is 23.2 Å². The van der Waals surface area contributed by atoms with Gasteiger partial charge in [0, 0.05) is 14.5 Å². The molecule has 106 valence electrons. The van der Waals surface area contributed by atoms with E-state index in [-0.39, 0.29) is 11.9 Å². The summed E-state index contributed by atoms with van der Waals surface area (Å²) in [5.74, 6) is -0.303. The zero-order valence-electron chi connectivity index (χ0n) is 10.8. The van der Waals surface area contributed by atoms with E-state index < -0.39 is 0 Å². The molecule has 2 rings (SSSR count). The molecule has 0 saturated carbocycles. The van der Waals surface area contributed by atoms with E-state index >= 15 is 0 Å². The molecule has 1 nitrogen and oxygen atoms in total. The molecule has 0 fully saturated rings. The topological polar surface area (TPSA) is 12.0 Å². The van der Waals surface area contributed by atoms with Gasteiger partial charge in [0.2, 0.25) is 0 Å². The van der Waals surface area contributed by atoms with Crippen LogP contribution in [0.1, 0.15) is 24.9 Å². The molecule has 1 unspecified atom stereocenters. The molecule has 0 aliphatic rings. The molecule has 0 aromatic heterocycles. The highest BCUT2D eigenvalue weighted by molar-refractivity contribution is 9.10. The Hall–Kier alpha value is -0.770. The van der Waals surface area contributed by atoms with Crippen molar-refractivity contribution in [1.82, 2.24) is 0 Å². The highest BCUT2D eigenvalue weighted by Crippen LogP contribution is 2.34. The molecule has 0 bridgehead atoms. The maximum atomic E-state index is 13.9. The van der Waals surface area contributed by atoms with Crippen molar-refractivity contribution in [2.75, 3.05) is 5.32 Å². The van der Waals surface area contributed by atoms with E-state index in [1.807, 2.05) is 13.0 Å². The van der Waals surface area contributed by atoms with Gasteiger partial charge in [0.1, 0.15) is 5.82 Å². The highest BCUT2D eigenvalue weighted by Gasteiger charge is 2.16. The van der Waals surface area contributed by atoms with Gasteiger partial charge in [-0.25, -0.2) is 4.39 Å². The predicted molar refractivity (Wildman–Crippen MR) is 87.2 cm³/mol. The van der Waals surface area contributed by atoms with Gasteiger partial charge >= 0.3 is 0 Å². The number of nitrogens with one attached hydrogen (secondary N) is 1. The Morgan fingerprint density at radius 2 is 2.00 bits per heavy atom. The zero-order chi connectivity index (χ0) is 14.7. The Balaban J connectivity index is 2.34. The van der Waals surface area contributed by atoms with Crippen molar-refractivity contribution in [3.8, 4) is 0 Å². The average Bonchev–Trinajstić information content (AvgIpc) is 2.40. The van der Waals surface area contributed by atoms with Crippen LogP contribution in [0.2, 0.25) is 10.0 Å². The maximum Gasteiger partial charge on any atom is 0.147 e. The molecule has 0 heterocycles. The second kappa shape index (κ2) is 6.79. The first-order valence-corrected chi connectivity index (χ1v) is 7.73. The van der Waals surface area contributed by atoms with Gasteiger partial charge in [0.05, 0.1) is 11.7 Å². The lowest BCUT2D eigenvalue weighted by Gasteiger charge is -2.21. The van der Waals surface area contributed by atoms with Crippen molar-refractivity contribution in [2.45, 2.75) is 19.4 Å². The normalized spacial score (nSPS) is 12.2. The summed E-state index contributed by atoms with van der Waals surface area (Å²) in [6, 6.07) is 10.1. The highest BCUT2D eigenvalue weighted by atomic mass is 79.9. The van der Waals surface area contributed by atoms with E-state index in [2.05, 4.69) is 21.2 Å². The van der Waals surface area contributed by atoms with Crippen molar-refractivity contribution < 1.29 is 4.39 Å². The molecule has 0 saturated heterocycles. The van der Waals surface area contributed by atoms with Gasteiger partial charge in [-0.15, -0.1) is 0 Å². The SMILES string of the molecule is CCC(Nc1c(F)cccc1Br)c1ccc(Cl)cc1Cl. The first-order chi connectivity index (χ1) is 9.52. The van der Waals surface area contributed by atoms with Crippen LogP contribution in [0.25, 0.3) is 0 Å². The lowest BCUT2D eigenvalue weighted by Crippen LogP contribution is -2.11. The van der Waals surface area contributed by atoms with Gasteiger partial charge in [0.25, 0.3) is 0 Å². The molecule has 5 heteroatoms. The van der Waals surface area contributed by atoms with Gasteiger partial charge < -0.3 is 5.32 Å². The van der Waals surface area contributed by atoms with Crippen LogP contribution in [0.4, 0.5) is 10.1 Å². The zero-order valence-corrected chi connectivity index (χ0v) is 13.9. The Kier molecular flexibility index (Phi) is 5.30. The minimum absolute atomic E-state index is 0.0898. The van der Waals surface area contributed by atoms with Crippen LogP contribution in [-0.2, 0) is 0 Å². The minimum Gasteiger partial charge on any atom is -0.375 e. The summed E-state index contributed by atoms with van der Waals surface area (Å²) in [4.78, 5) is 0. The first-order valence-electron chi connectivity index (χ1n) is 6.18. The van der Waals surface area contributed by atoms with Crippen LogP contribution in [-0.4, -0.2) is 0 Å². The summed E-state index contributed by atoms with van der Waals surface area (Å²) in [6.45, 7) is 2.01. The molecule has 2 aromatic carbocycles. The number of para-hydroxylation sites is 1. The van der Waals surface area contributed by atoms with Gasteiger partial charge in [0.15, 0.2) is 0 Å². The maximum absolute atomic E-state index is 13.9. The molecule has 2 aromatic rings. The summed E-state index contributed by atoms with van der Waals surface area (Å²) in [6.07, 6.45) is 0.766. The van der Waals surface area contributed by atoms with Crippen molar-refractivity contribution in [1.29, 1.82) is 0 Å². The minimum atomic E-state index is -0.303. The molecular formula is C15H13BrCl2FN. The summed E-state index contributed by atoms with van der Waals surface area (Å²) in [5, 5.41) is 4.35. The molecule has 1 atom stereocenters. The summed E-state index contributed by atoms with van der Waals surface area (Å²) in [7, 11) is 0. The van der Waals surface area contributed by atoms with Crippen molar-refractivity contribution in [2.24, 2.45) is 0 Å². The number of anilines is 1. The third-order valence-electron chi connectivity index (χ3n) is 3.03. The molecule has 1 N–H and O–H groups in total. The number of hydrogen-bond donors (Lipinski definition) is 1. The van der Waals surface area contributed by atoms with E-state index in [1.54, 1.807) is 24.3 Å². The lowest BCUT2D eigenvalue weighted by atomic mass is 10.0. The summed E-state index contributed by atoms with van der Waals surface area (Å²) >= 11 is 15.5. The Morgan fingerprint density at radius 3 is 2.60 bits per heavy atom. The number of benzene rings is 2. The van der Waals surface area contributed by atoms with Crippen molar-refractivity contribution in [3.63, 3.8) is 0 Å². The number of rotatable bonds is 4. The smallest absolute Gasteiger partial charge is 0.147 e. The van der Waals surface area contributed by atoms with Gasteiger partial charge in [-0.1, -0.05) is 42.3 Å². The van der Waals surface area contributed by atoms with E-state index in [0.717, 1.165) is 12.0 Å². The molecule has 20 heavy (non-hydrogen) atoms. The fourth-order valence-electron chi connectivity index (χ4n) is 1.99. The van der Waals surface area contributed by atoms with E-state index in [0.29, 0.717) is 20.2 Å². The van der Waals surface area contributed by atoms with E-state index in [9.17, 15) is 4.39 Å². The molecule has 0 spiro atoms.